The van der Waals surface area contributed by atoms with Crippen LogP contribution in [-0.4, -0.2) is 70.3 Å². The first kappa shape index (κ1) is 24.1. The van der Waals surface area contributed by atoms with Crippen LogP contribution in [0.25, 0.3) is 0 Å². The minimum Gasteiger partial charge on any atom is -0.379 e. The normalized spacial score (nSPS) is 16.2. The van der Waals surface area contributed by atoms with Crippen LogP contribution < -0.4 is 15.4 Å². The van der Waals surface area contributed by atoms with E-state index in [1.165, 1.54) is 19.1 Å². The van der Waals surface area contributed by atoms with Crippen LogP contribution in [0.15, 0.2) is 18.2 Å². The van der Waals surface area contributed by atoms with Crippen LogP contribution in [0.2, 0.25) is 0 Å². The van der Waals surface area contributed by atoms with Gasteiger partial charge in [0.05, 0.1) is 30.7 Å². The number of hydrogen-bond acceptors (Lipinski definition) is 6. The van der Waals surface area contributed by atoms with Gasteiger partial charge in [0.25, 0.3) is 5.91 Å². The van der Waals surface area contributed by atoms with Crippen LogP contribution in [-0.2, 0) is 19.6 Å². The van der Waals surface area contributed by atoms with Gasteiger partial charge in [0.2, 0.25) is 15.9 Å². The van der Waals surface area contributed by atoms with E-state index in [1.807, 2.05) is 0 Å². The number of benzene rings is 1. The number of rotatable bonds is 9. The minimum atomic E-state index is -3.57. The molecule has 9 nitrogen and oxygen atoms in total. The highest BCUT2D eigenvalue weighted by Gasteiger charge is 2.23. The second-order valence-electron chi connectivity index (χ2n) is 7.96. The molecule has 1 saturated heterocycles. The van der Waals surface area contributed by atoms with Crippen molar-refractivity contribution in [3.05, 3.63) is 23.8 Å². The summed E-state index contributed by atoms with van der Waals surface area (Å²) < 4.78 is 31.2. The predicted octanol–water partition coefficient (Wildman–Crippen LogP) is 1.49. The molecule has 1 fully saturated rings. The molecule has 0 aromatic heterocycles. The lowest BCUT2D eigenvalue weighted by molar-refractivity contribution is -0.114. The molecular weight excluding hydrogens is 408 g/mol. The maximum Gasteiger partial charge on any atom is 0.253 e. The van der Waals surface area contributed by atoms with Gasteiger partial charge in [0.1, 0.15) is 0 Å². The van der Waals surface area contributed by atoms with Crippen LogP contribution in [0.3, 0.4) is 0 Å². The molecule has 1 aliphatic rings. The number of nitrogens with one attached hydrogen (secondary N) is 3. The third kappa shape index (κ3) is 7.92. The molecule has 1 atom stereocenters. The third-order valence-corrected chi connectivity index (χ3v) is 5.27. The van der Waals surface area contributed by atoms with Crippen LogP contribution in [0.4, 0.5) is 11.4 Å². The van der Waals surface area contributed by atoms with E-state index in [0.717, 1.165) is 25.8 Å². The Morgan fingerprint density at radius 3 is 2.43 bits per heavy atom. The third-order valence-electron chi connectivity index (χ3n) is 4.68. The highest BCUT2D eigenvalue weighted by Crippen LogP contribution is 2.22. The molecule has 30 heavy (non-hydrogen) atoms. The topological polar surface area (TPSA) is 117 Å². The van der Waals surface area contributed by atoms with Gasteiger partial charge in [0, 0.05) is 38.3 Å². The van der Waals surface area contributed by atoms with E-state index in [4.69, 9.17) is 4.74 Å². The van der Waals surface area contributed by atoms with Gasteiger partial charge in [-0.05, 0) is 30.5 Å². The summed E-state index contributed by atoms with van der Waals surface area (Å²) in [5.41, 5.74) is 0.728. The summed E-state index contributed by atoms with van der Waals surface area (Å²) in [4.78, 5) is 26.6. The molecule has 1 unspecified atom stereocenters. The number of carbonyl (C=O) groups excluding carboxylic acids is 2. The maximum atomic E-state index is 13.0. The van der Waals surface area contributed by atoms with E-state index >= 15 is 0 Å². The minimum absolute atomic E-state index is 0.150. The Balaban J connectivity index is 2.20. The van der Waals surface area contributed by atoms with Gasteiger partial charge in [-0.15, -0.1) is 0 Å². The zero-order chi connectivity index (χ0) is 22.3. The largest absolute Gasteiger partial charge is 0.379 e. The Hall–Kier alpha value is -2.17. The molecule has 168 valence electrons. The Morgan fingerprint density at radius 1 is 1.20 bits per heavy atom. The smallest absolute Gasteiger partial charge is 0.253 e. The van der Waals surface area contributed by atoms with Gasteiger partial charge in [-0.1, -0.05) is 13.8 Å². The van der Waals surface area contributed by atoms with Crippen molar-refractivity contribution in [3.63, 3.8) is 0 Å². The summed E-state index contributed by atoms with van der Waals surface area (Å²) in [5, 5.41) is 5.55. The Bertz CT molecular complexity index is 851. The summed E-state index contributed by atoms with van der Waals surface area (Å²) in [6, 6.07) is 4.63. The molecule has 0 saturated carbocycles. The lowest BCUT2D eigenvalue weighted by Gasteiger charge is -2.35. The van der Waals surface area contributed by atoms with Crippen LogP contribution in [0, 0.1) is 5.92 Å². The summed E-state index contributed by atoms with van der Waals surface area (Å²) in [6.07, 6.45) is 1.94. The van der Waals surface area contributed by atoms with E-state index in [9.17, 15) is 18.0 Å². The molecule has 1 aliphatic heterocycles. The molecule has 1 aromatic carbocycles. The summed E-state index contributed by atoms with van der Waals surface area (Å²) in [6.45, 7) is 9.04. The van der Waals surface area contributed by atoms with Crippen molar-refractivity contribution < 1.29 is 22.7 Å². The molecule has 3 N–H and O–H groups in total. The Morgan fingerprint density at radius 2 is 1.87 bits per heavy atom. The molecule has 1 heterocycles. The first-order chi connectivity index (χ1) is 14.0. The lowest BCUT2D eigenvalue weighted by atomic mass is 10.0. The average Bonchev–Trinajstić information content (AvgIpc) is 2.65. The Kier molecular flexibility index (Phi) is 8.63. The zero-order valence-electron chi connectivity index (χ0n) is 18.0. The number of anilines is 2. The van der Waals surface area contributed by atoms with Crippen molar-refractivity contribution >= 4 is 33.2 Å². The van der Waals surface area contributed by atoms with Gasteiger partial charge < -0.3 is 15.4 Å². The number of amides is 2. The van der Waals surface area contributed by atoms with Gasteiger partial charge in [0.15, 0.2) is 0 Å². The highest BCUT2D eigenvalue weighted by molar-refractivity contribution is 7.92. The van der Waals surface area contributed by atoms with E-state index in [-0.39, 0.29) is 23.2 Å². The Labute approximate surface area is 178 Å². The maximum absolute atomic E-state index is 13.0. The number of nitrogens with zero attached hydrogens (tertiary/aromatic N) is 1. The molecule has 0 aliphatic carbocycles. The van der Waals surface area contributed by atoms with Crippen molar-refractivity contribution in [1.29, 1.82) is 0 Å². The van der Waals surface area contributed by atoms with Crippen molar-refractivity contribution in [2.75, 3.05) is 49.1 Å². The number of ether oxygens (including phenoxy) is 1. The van der Waals surface area contributed by atoms with Crippen LogP contribution >= 0.6 is 0 Å². The van der Waals surface area contributed by atoms with Gasteiger partial charge in [-0.2, -0.15) is 0 Å². The fourth-order valence-electron chi connectivity index (χ4n) is 3.46. The number of carbonyl (C=O) groups is 2. The summed E-state index contributed by atoms with van der Waals surface area (Å²) >= 11 is 0. The van der Waals surface area contributed by atoms with Gasteiger partial charge in [-0.25, -0.2) is 8.42 Å². The molecule has 0 radical (unpaired) electrons. The van der Waals surface area contributed by atoms with E-state index < -0.39 is 15.9 Å². The van der Waals surface area contributed by atoms with E-state index in [2.05, 4.69) is 34.1 Å². The van der Waals surface area contributed by atoms with Crippen molar-refractivity contribution in [3.8, 4) is 0 Å². The molecule has 2 amide bonds. The average molecular weight is 441 g/mol. The fourth-order valence-corrected chi connectivity index (χ4v) is 4.03. The summed E-state index contributed by atoms with van der Waals surface area (Å²) in [5.74, 6) is -0.231. The molecular formula is C20H32N4O5S. The molecule has 0 bridgehead atoms. The second kappa shape index (κ2) is 10.7. The van der Waals surface area contributed by atoms with Crippen LogP contribution in [0.5, 0.6) is 0 Å². The van der Waals surface area contributed by atoms with Crippen LogP contribution in [0.1, 0.15) is 37.6 Å². The molecule has 0 spiro atoms. The predicted molar refractivity (Wildman–Crippen MR) is 117 cm³/mol. The standard InChI is InChI=1S/C20H32N4O5S/c1-14(2)11-17(24-7-9-29-10-8-24)13-21-20(26)18-12-16(22-15(3)25)5-6-19(18)23-30(4,27)28/h5-6,12,14,17,23H,7-11,13H2,1-4H3,(H,21,26)(H,22,25). The monoisotopic (exact) mass is 440 g/mol. The lowest BCUT2D eigenvalue weighted by Crippen LogP contribution is -2.49. The zero-order valence-corrected chi connectivity index (χ0v) is 18.8. The van der Waals surface area contributed by atoms with Crippen molar-refractivity contribution in [2.24, 2.45) is 5.92 Å². The molecule has 2 rings (SSSR count). The molecule has 10 heteroatoms. The number of hydrogen-bond donors (Lipinski definition) is 3. The molecule has 1 aromatic rings. The van der Waals surface area contributed by atoms with Crippen molar-refractivity contribution in [2.45, 2.75) is 33.2 Å². The number of morpholine rings is 1. The highest BCUT2D eigenvalue weighted by atomic mass is 32.2. The summed E-state index contributed by atoms with van der Waals surface area (Å²) in [7, 11) is -3.57. The van der Waals surface area contributed by atoms with Gasteiger partial charge in [-0.3, -0.25) is 19.2 Å². The first-order valence-electron chi connectivity index (χ1n) is 10.0. The van der Waals surface area contributed by atoms with E-state index in [0.29, 0.717) is 31.4 Å². The van der Waals surface area contributed by atoms with Crippen molar-refractivity contribution in [1.82, 2.24) is 10.2 Å². The second-order valence-corrected chi connectivity index (χ2v) is 9.71. The fraction of sp³-hybridized carbons (Fsp3) is 0.600. The number of sulfonamides is 1. The first-order valence-corrected chi connectivity index (χ1v) is 11.9. The van der Waals surface area contributed by atoms with Gasteiger partial charge >= 0.3 is 0 Å². The SMILES string of the molecule is CC(=O)Nc1ccc(NS(C)(=O)=O)c(C(=O)NCC(CC(C)C)N2CCOCC2)c1. The quantitative estimate of drug-likeness (QED) is 0.536. The van der Waals surface area contributed by atoms with E-state index in [1.54, 1.807) is 6.07 Å².